The van der Waals surface area contributed by atoms with Crippen LogP contribution in [0.4, 0.5) is 10.8 Å². The molecular weight excluding hydrogens is 260 g/mol. The number of aromatic nitrogens is 1. The molecule has 3 N–H and O–H groups in total. The summed E-state index contributed by atoms with van der Waals surface area (Å²) in [6.45, 7) is 4.90. The van der Waals surface area contributed by atoms with E-state index in [9.17, 15) is 0 Å². The summed E-state index contributed by atoms with van der Waals surface area (Å²) in [5, 5.41) is 4.42. The minimum absolute atomic E-state index is 0.103. The fraction of sp³-hybridized carbons (Fsp3) is 0.769. The lowest BCUT2D eigenvalue weighted by atomic mass is 9.75. The van der Waals surface area contributed by atoms with Crippen LogP contribution in [0.2, 0.25) is 0 Å². The van der Waals surface area contributed by atoms with Gasteiger partial charge in [0.05, 0.1) is 6.10 Å². The van der Waals surface area contributed by atoms with Gasteiger partial charge in [0.1, 0.15) is 0 Å². The van der Waals surface area contributed by atoms with E-state index in [1.165, 1.54) is 30.8 Å². The van der Waals surface area contributed by atoms with Crippen LogP contribution in [0.5, 0.6) is 5.75 Å². The molecular formula is C13H24N4OS. The van der Waals surface area contributed by atoms with E-state index in [1.54, 1.807) is 0 Å². The fourth-order valence-electron chi connectivity index (χ4n) is 2.37. The molecule has 2 rings (SSSR count). The number of anilines is 2. The zero-order chi connectivity index (χ0) is 14.0. The molecule has 1 saturated carbocycles. The average Bonchev–Trinajstić information content (AvgIpc) is 2.58. The first-order valence-corrected chi connectivity index (χ1v) is 7.55. The Bertz CT molecular complexity index is 426. The SMILES string of the molecule is CC(C)Oc1c(N)nsc1NCC1(N(C)C)CCC1. The molecule has 0 atom stereocenters. The quantitative estimate of drug-likeness (QED) is 0.840. The normalized spacial score (nSPS) is 17.6. The molecule has 0 bridgehead atoms. The van der Waals surface area contributed by atoms with Gasteiger partial charge in [0.25, 0.3) is 0 Å². The van der Waals surface area contributed by atoms with Crippen LogP contribution in [0.1, 0.15) is 33.1 Å². The fourth-order valence-corrected chi connectivity index (χ4v) is 3.01. The number of nitrogen functional groups attached to an aromatic ring is 1. The summed E-state index contributed by atoms with van der Waals surface area (Å²) in [7, 11) is 4.29. The molecule has 1 fully saturated rings. The molecule has 5 nitrogen and oxygen atoms in total. The predicted octanol–water partition coefficient (Wildman–Crippen LogP) is 2.41. The zero-order valence-corrected chi connectivity index (χ0v) is 13.0. The second-order valence-electron chi connectivity index (χ2n) is 5.72. The van der Waals surface area contributed by atoms with Crippen molar-refractivity contribution in [3.05, 3.63) is 0 Å². The van der Waals surface area contributed by atoms with Crippen molar-refractivity contribution in [2.24, 2.45) is 0 Å². The van der Waals surface area contributed by atoms with Crippen molar-refractivity contribution in [2.75, 3.05) is 31.7 Å². The van der Waals surface area contributed by atoms with Gasteiger partial charge in [-0.05, 0) is 58.7 Å². The molecule has 1 aromatic rings. The first-order chi connectivity index (χ1) is 8.94. The molecule has 0 saturated heterocycles. The van der Waals surface area contributed by atoms with Gasteiger partial charge in [-0.3, -0.25) is 0 Å². The maximum absolute atomic E-state index is 5.86. The number of ether oxygens (including phenoxy) is 1. The summed E-state index contributed by atoms with van der Waals surface area (Å²) in [6, 6.07) is 0. The largest absolute Gasteiger partial charge is 0.484 e. The van der Waals surface area contributed by atoms with E-state index in [2.05, 4.69) is 28.7 Å². The molecule has 19 heavy (non-hydrogen) atoms. The summed E-state index contributed by atoms with van der Waals surface area (Å²) < 4.78 is 9.92. The number of rotatable bonds is 6. The Kier molecular flexibility index (Phi) is 4.20. The molecule has 1 aliphatic carbocycles. The van der Waals surface area contributed by atoms with Crippen LogP contribution in [0, 0.1) is 0 Å². The Labute approximate surface area is 119 Å². The van der Waals surface area contributed by atoms with Gasteiger partial charge >= 0.3 is 0 Å². The Morgan fingerprint density at radius 1 is 1.47 bits per heavy atom. The first kappa shape index (κ1) is 14.4. The minimum atomic E-state index is 0.103. The number of nitrogens with one attached hydrogen (secondary N) is 1. The van der Waals surface area contributed by atoms with Crippen LogP contribution in [-0.4, -0.2) is 41.6 Å². The van der Waals surface area contributed by atoms with E-state index in [0.29, 0.717) is 11.6 Å². The summed E-state index contributed by atoms with van der Waals surface area (Å²) >= 11 is 1.38. The Morgan fingerprint density at radius 2 is 2.16 bits per heavy atom. The zero-order valence-electron chi connectivity index (χ0n) is 12.2. The maximum atomic E-state index is 5.86. The van der Waals surface area contributed by atoms with E-state index in [1.807, 2.05) is 13.8 Å². The summed E-state index contributed by atoms with van der Waals surface area (Å²) in [4.78, 5) is 2.32. The van der Waals surface area contributed by atoms with Crippen LogP contribution in [0.25, 0.3) is 0 Å². The lowest BCUT2D eigenvalue weighted by molar-refractivity contribution is 0.0739. The van der Waals surface area contributed by atoms with Crippen molar-refractivity contribution in [3.63, 3.8) is 0 Å². The topological polar surface area (TPSA) is 63.4 Å². The summed E-state index contributed by atoms with van der Waals surface area (Å²) in [6.07, 6.45) is 3.88. The van der Waals surface area contributed by atoms with Crippen molar-refractivity contribution in [1.82, 2.24) is 9.27 Å². The molecule has 1 aromatic heterocycles. The number of likely N-dealkylation sites (N-methyl/N-ethyl adjacent to an activating group) is 1. The number of nitrogens with two attached hydrogens (primary N) is 1. The summed E-state index contributed by atoms with van der Waals surface area (Å²) in [5.74, 6) is 1.18. The second kappa shape index (κ2) is 5.54. The first-order valence-electron chi connectivity index (χ1n) is 6.78. The van der Waals surface area contributed by atoms with Gasteiger partial charge in [-0.15, -0.1) is 0 Å². The lowest BCUT2D eigenvalue weighted by Crippen LogP contribution is -2.54. The Morgan fingerprint density at radius 3 is 2.63 bits per heavy atom. The third-order valence-electron chi connectivity index (χ3n) is 3.84. The van der Waals surface area contributed by atoms with Gasteiger partial charge in [-0.1, -0.05) is 0 Å². The Balaban J connectivity index is 2.03. The van der Waals surface area contributed by atoms with Crippen molar-refractivity contribution in [3.8, 4) is 5.75 Å². The maximum Gasteiger partial charge on any atom is 0.197 e. The summed E-state index contributed by atoms with van der Waals surface area (Å²) in [5.41, 5.74) is 6.13. The van der Waals surface area contributed by atoms with Crippen LogP contribution >= 0.6 is 11.5 Å². The lowest BCUT2D eigenvalue weighted by Gasteiger charge is -2.47. The third-order valence-corrected chi connectivity index (χ3v) is 4.64. The van der Waals surface area contributed by atoms with E-state index in [-0.39, 0.29) is 11.6 Å². The Hall–Kier alpha value is -1.01. The van der Waals surface area contributed by atoms with Crippen molar-refractivity contribution >= 4 is 22.4 Å². The molecule has 0 spiro atoms. The highest BCUT2D eigenvalue weighted by molar-refractivity contribution is 7.11. The van der Waals surface area contributed by atoms with E-state index >= 15 is 0 Å². The highest BCUT2D eigenvalue weighted by atomic mass is 32.1. The second-order valence-corrected chi connectivity index (χ2v) is 6.49. The van der Waals surface area contributed by atoms with Crippen molar-refractivity contribution in [2.45, 2.75) is 44.8 Å². The molecule has 0 amide bonds. The predicted molar refractivity (Wildman–Crippen MR) is 81.0 cm³/mol. The van der Waals surface area contributed by atoms with Crippen molar-refractivity contribution in [1.29, 1.82) is 0 Å². The molecule has 0 aliphatic heterocycles. The van der Waals surface area contributed by atoms with Gasteiger partial charge in [0.2, 0.25) is 0 Å². The van der Waals surface area contributed by atoms with Crippen LogP contribution in [-0.2, 0) is 0 Å². The number of hydrogen-bond donors (Lipinski definition) is 2. The van der Waals surface area contributed by atoms with Crippen LogP contribution in [0.15, 0.2) is 0 Å². The molecule has 0 aromatic carbocycles. The highest BCUT2D eigenvalue weighted by Crippen LogP contribution is 2.40. The standard InChI is InChI=1S/C13H24N4OS/c1-9(2)18-10-11(14)16-19-12(10)15-8-13(17(3)4)6-5-7-13/h9,15H,5-8H2,1-4H3,(H2,14,16). The minimum Gasteiger partial charge on any atom is -0.484 e. The number of hydrogen-bond acceptors (Lipinski definition) is 6. The smallest absolute Gasteiger partial charge is 0.197 e. The molecule has 6 heteroatoms. The van der Waals surface area contributed by atoms with Crippen LogP contribution in [0.3, 0.4) is 0 Å². The molecule has 1 aliphatic rings. The van der Waals surface area contributed by atoms with Crippen LogP contribution < -0.4 is 15.8 Å². The molecule has 0 unspecified atom stereocenters. The van der Waals surface area contributed by atoms with Gasteiger partial charge in [0.15, 0.2) is 16.6 Å². The van der Waals surface area contributed by atoms with E-state index in [4.69, 9.17) is 10.5 Å². The number of nitrogens with zero attached hydrogens (tertiary/aromatic N) is 2. The average molecular weight is 284 g/mol. The molecule has 0 radical (unpaired) electrons. The molecule has 108 valence electrons. The molecule has 1 heterocycles. The van der Waals surface area contributed by atoms with E-state index in [0.717, 1.165) is 11.5 Å². The van der Waals surface area contributed by atoms with Gasteiger partial charge in [-0.25, -0.2) is 0 Å². The van der Waals surface area contributed by atoms with E-state index < -0.39 is 0 Å². The monoisotopic (exact) mass is 284 g/mol. The highest BCUT2D eigenvalue weighted by Gasteiger charge is 2.39. The third kappa shape index (κ3) is 2.95. The van der Waals surface area contributed by atoms with Crippen molar-refractivity contribution < 1.29 is 4.74 Å². The van der Waals surface area contributed by atoms with Gasteiger partial charge in [0, 0.05) is 12.1 Å². The van der Waals surface area contributed by atoms with Gasteiger partial charge < -0.3 is 20.7 Å². The van der Waals surface area contributed by atoms with Gasteiger partial charge in [-0.2, -0.15) is 4.37 Å².